The van der Waals surface area contributed by atoms with E-state index in [2.05, 4.69) is 34.5 Å². The van der Waals surface area contributed by atoms with E-state index in [1.54, 1.807) is 12.1 Å². The van der Waals surface area contributed by atoms with Crippen molar-refractivity contribution in [3.05, 3.63) is 83.2 Å². The summed E-state index contributed by atoms with van der Waals surface area (Å²) in [5.74, 6) is -1.24. The summed E-state index contributed by atoms with van der Waals surface area (Å²) in [6.45, 7) is 2.50. The van der Waals surface area contributed by atoms with Gasteiger partial charge in [-0.3, -0.25) is 9.59 Å². The summed E-state index contributed by atoms with van der Waals surface area (Å²) in [6, 6.07) is 17.3. The van der Waals surface area contributed by atoms with Crippen LogP contribution in [0.15, 0.2) is 60.7 Å². The highest BCUT2D eigenvalue weighted by molar-refractivity contribution is 6.42. The monoisotopic (exact) mass is 544 g/mol. The topological polar surface area (TPSA) is 88.1 Å². The largest absolute Gasteiger partial charge is 0.486 e. The van der Waals surface area contributed by atoms with Crippen molar-refractivity contribution in [1.29, 1.82) is 0 Å². The molecule has 2 N–H and O–H groups in total. The van der Waals surface area contributed by atoms with Crippen LogP contribution in [0.2, 0.25) is 0 Å². The summed E-state index contributed by atoms with van der Waals surface area (Å²) < 4.78 is 25.6. The number of amides is 1. The van der Waals surface area contributed by atoms with E-state index in [4.69, 9.17) is 9.47 Å². The van der Waals surface area contributed by atoms with Crippen LogP contribution in [0.5, 0.6) is 11.5 Å². The van der Waals surface area contributed by atoms with Crippen LogP contribution < -0.4 is 14.8 Å². The molecule has 2 heterocycles. The van der Waals surface area contributed by atoms with Crippen LogP contribution in [0.25, 0.3) is 11.1 Å². The molecule has 6 rings (SSSR count). The molecule has 7 nitrogen and oxygen atoms in total. The predicted molar refractivity (Wildman–Crippen MR) is 148 cm³/mol. The Morgan fingerprint density at radius 1 is 0.950 bits per heavy atom. The third kappa shape index (κ3) is 5.74. The maximum atomic E-state index is 14.7. The molecular formula is C32H33FN2O5. The quantitative estimate of drug-likeness (QED) is 0.302. The van der Waals surface area contributed by atoms with Gasteiger partial charge in [-0.15, -0.1) is 0 Å². The lowest BCUT2D eigenvalue weighted by Gasteiger charge is -2.29. The molecule has 1 saturated heterocycles. The van der Waals surface area contributed by atoms with Gasteiger partial charge in [0.1, 0.15) is 19.3 Å². The fraction of sp³-hybridized carbons (Fsp3) is 0.375. The van der Waals surface area contributed by atoms with E-state index in [9.17, 15) is 19.1 Å². The highest BCUT2D eigenvalue weighted by Crippen LogP contribution is 2.40. The lowest BCUT2D eigenvalue weighted by atomic mass is 9.99. The predicted octanol–water partition coefficient (Wildman–Crippen LogP) is 4.64. The first-order valence-corrected chi connectivity index (χ1v) is 14.0. The van der Waals surface area contributed by atoms with E-state index in [1.165, 1.54) is 30.5 Å². The second-order valence-corrected chi connectivity index (χ2v) is 10.9. The van der Waals surface area contributed by atoms with E-state index in [1.807, 2.05) is 12.1 Å². The van der Waals surface area contributed by atoms with Crippen molar-refractivity contribution in [1.82, 2.24) is 10.2 Å². The van der Waals surface area contributed by atoms with Gasteiger partial charge in [-0.1, -0.05) is 48.5 Å². The van der Waals surface area contributed by atoms with Crippen LogP contribution in [0.3, 0.4) is 0 Å². The molecule has 0 bridgehead atoms. The standard InChI is InChI=1S/C32H33FN2O5/c33-26-17-25(18-28-31(26)40-16-15-39-28)29(36)27(19-35-13-1-2-14-35)34-32(38)30(37)24-11-9-23(10-12-24)22-7-5-21(6-8-22)20-3-4-20/h5-12,17-18,20,27,29,36H,1-4,13-16,19H2,(H,34,38)/t27-,29-/m1/s1. The third-order valence-corrected chi connectivity index (χ3v) is 7.96. The molecule has 0 spiro atoms. The van der Waals surface area contributed by atoms with Crippen molar-refractivity contribution in [2.45, 2.75) is 43.7 Å². The first-order chi connectivity index (χ1) is 19.5. The van der Waals surface area contributed by atoms with E-state index in [-0.39, 0.29) is 35.8 Å². The number of halogens is 1. The molecule has 40 heavy (non-hydrogen) atoms. The summed E-state index contributed by atoms with van der Waals surface area (Å²) in [5, 5.41) is 14.0. The number of nitrogens with one attached hydrogen (secondary N) is 1. The number of Topliss-reactive ketones (excluding diaryl/α,β-unsaturated/α-hetero) is 1. The molecule has 1 aliphatic carbocycles. The number of benzene rings is 3. The van der Waals surface area contributed by atoms with Gasteiger partial charge in [0.05, 0.1) is 6.04 Å². The molecule has 2 aliphatic heterocycles. The van der Waals surface area contributed by atoms with Gasteiger partial charge in [-0.2, -0.15) is 0 Å². The van der Waals surface area contributed by atoms with Crippen molar-refractivity contribution in [2.24, 2.45) is 0 Å². The van der Waals surface area contributed by atoms with E-state index in [0.29, 0.717) is 12.5 Å². The fourth-order valence-corrected chi connectivity index (χ4v) is 5.55. The van der Waals surface area contributed by atoms with Gasteiger partial charge in [0.25, 0.3) is 5.91 Å². The zero-order valence-corrected chi connectivity index (χ0v) is 22.3. The number of ether oxygens (including phenoxy) is 2. The average Bonchev–Trinajstić information content (AvgIpc) is 3.72. The molecule has 3 aromatic carbocycles. The number of likely N-dealkylation sites (tertiary alicyclic amines) is 1. The lowest BCUT2D eigenvalue weighted by molar-refractivity contribution is -0.118. The Morgan fingerprint density at radius 3 is 2.27 bits per heavy atom. The minimum absolute atomic E-state index is 0.0137. The van der Waals surface area contributed by atoms with Gasteiger partial charge < -0.3 is 24.8 Å². The second kappa shape index (κ2) is 11.4. The highest BCUT2D eigenvalue weighted by atomic mass is 19.1. The van der Waals surface area contributed by atoms with Crippen molar-refractivity contribution < 1.29 is 28.6 Å². The summed E-state index contributed by atoms with van der Waals surface area (Å²) in [7, 11) is 0. The molecule has 3 aliphatic rings. The van der Waals surface area contributed by atoms with Gasteiger partial charge in [0.15, 0.2) is 17.3 Å². The molecule has 2 atom stereocenters. The molecule has 1 saturated carbocycles. The van der Waals surface area contributed by atoms with Crippen LogP contribution in [-0.4, -0.2) is 60.6 Å². The molecule has 3 aromatic rings. The van der Waals surface area contributed by atoms with Gasteiger partial charge in [-0.05, 0) is 79.1 Å². The number of aliphatic hydroxyl groups is 1. The number of carbonyl (C=O) groups excluding carboxylic acids is 2. The Hall–Kier alpha value is -3.75. The molecule has 8 heteroatoms. The fourth-order valence-electron chi connectivity index (χ4n) is 5.55. The summed E-state index contributed by atoms with van der Waals surface area (Å²) in [6.07, 6.45) is 3.28. The molecule has 0 aromatic heterocycles. The third-order valence-electron chi connectivity index (χ3n) is 7.96. The molecular weight excluding hydrogens is 511 g/mol. The number of nitrogens with zero attached hydrogens (tertiary/aromatic N) is 1. The number of ketones is 1. The normalized spacial score (nSPS) is 18.2. The zero-order valence-electron chi connectivity index (χ0n) is 22.3. The SMILES string of the molecule is O=C(N[C@H](CN1CCCC1)[C@H](O)c1cc(F)c2c(c1)OCCO2)C(=O)c1ccc(-c2ccc(C3CC3)cc2)cc1. The number of aliphatic hydroxyl groups excluding tert-OH is 1. The first-order valence-electron chi connectivity index (χ1n) is 14.0. The van der Waals surface area contributed by atoms with Gasteiger partial charge >= 0.3 is 0 Å². The lowest BCUT2D eigenvalue weighted by Crippen LogP contribution is -2.48. The maximum absolute atomic E-state index is 14.7. The smallest absolute Gasteiger partial charge is 0.292 e. The summed E-state index contributed by atoms with van der Waals surface area (Å²) >= 11 is 0. The van der Waals surface area contributed by atoms with Crippen molar-refractivity contribution in [2.75, 3.05) is 32.8 Å². The number of fused-ring (bicyclic) bond motifs is 1. The van der Waals surface area contributed by atoms with Crippen molar-refractivity contribution >= 4 is 11.7 Å². The average molecular weight is 545 g/mol. The Bertz CT molecular complexity index is 1380. The van der Waals surface area contributed by atoms with Gasteiger partial charge in [0.2, 0.25) is 5.78 Å². The van der Waals surface area contributed by atoms with Gasteiger partial charge in [-0.25, -0.2) is 4.39 Å². The number of rotatable bonds is 9. The maximum Gasteiger partial charge on any atom is 0.292 e. The number of carbonyl (C=O) groups is 2. The minimum Gasteiger partial charge on any atom is -0.486 e. The number of hydrogen-bond acceptors (Lipinski definition) is 6. The summed E-state index contributed by atoms with van der Waals surface area (Å²) in [4.78, 5) is 28.3. The molecule has 0 radical (unpaired) electrons. The highest BCUT2D eigenvalue weighted by Gasteiger charge is 2.31. The summed E-state index contributed by atoms with van der Waals surface area (Å²) in [5.41, 5.74) is 3.87. The Morgan fingerprint density at radius 2 is 1.60 bits per heavy atom. The minimum atomic E-state index is -1.26. The van der Waals surface area contributed by atoms with E-state index < -0.39 is 29.7 Å². The van der Waals surface area contributed by atoms with E-state index >= 15 is 0 Å². The van der Waals surface area contributed by atoms with Crippen LogP contribution in [-0.2, 0) is 4.79 Å². The zero-order chi connectivity index (χ0) is 27.6. The first kappa shape index (κ1) is 26.5. The Labute approximate surface area is 232 Å². The van der Waals surface area contributed by atoms with Crippen LogP contribution >= 0.6 is 0 Å². The van der Waals surface area contributed by atoms with E-state index in [0.717, 1.165) is 37.1 Å². The molecule has 0 unspecified atom stereocenters. The van der Waals surface area contributed by atoms with Crippen LogP contribution in [0, 0.1) is 5.82 Å². The molecule has 208 valence electrons. The van der Waals surface area contributed by atoms with Crippen LogP contribution in [0.1, 0.15) is 59.2 Å². The molecule has 1 amide bonds. The number of hydrogen-bond donors (Lipinski definition) is 2. The second-order valence-electron chi connectivity index (χ2n) is 10.9. The van der Waals surface area contributed by atoms with Crippen molar-refractivity contribution in [3.63, 3.8) is 0 Å². The molecule has 2 fully saturated rings. The Balaban J connectivity index is 1.17. The van der Waals surface area contributed by atoms with Gasteiger partial charge in [0, 0.05) is 12.1 Å². The van der Waals surface area contributed by atoms with Crippen molar-refractivity contribution in [3.8, 4) is 22.6 Å². The van der Waals surface area contributed by atoms with Crippen LogP contribution in [0.4, 0.5) is 4.39 Å². The Kier molecular flexibility index (Phi) is 7.54.